The van der Waals surface area contributed by atoms with E-state index >= 15 is 0 Å². The van der Waals surface area contributed by atoms with Crippen molar-refractivity contribution in [3.05, 3.63) is 0 Å². The summed E-state index contributed by atoms with van der Waals surface area (Å²) in [5.41, 5.74) is -1.38. The Balaban J connectivity index is 2.80. The summed E-state index contributed by atoms with van der Waals surface area (Å²) in [6, 6.07) is 2.28. The van der Waals surface area contributed by atoms with Crippen LogP contribution in [0.1, 0.15) is 33.1 Å². The third-order valence-corrected chi connectivity index (χ3v) is 3.80. The molecule has 1 atom stereocenters. The molecule has 0 aromatic carbocycles. The summed E-state index contributed by atoms with van der Waals surface area (Å²) >= 11 is 0. The minimum Gasteiger partial charge on any atom is -0.388 e. The Morgan fingerprint density at radius 1 is 1.50 bits per heavy atom. The third kappa shape index (κ3) is 1.77. The zero-order valence-corrected chi connectivity index (χ0v) is 9.38. The number of hydrogen-bond acceptors (Lipinski definition) is 3. The smallest absolute Gasteiger partial charge is 0.0854 e. The lowest BCUT2D eigenvalue weighted by Crippen LogP contribution is -2.52. The molecule has 0 saturated carbocycles. The van der Waals surface area contributed by atoms with Gasteiger partial charge in [-0.05, 0) is 33.2 Å². The van der Waals surface area contributed by atoms with Gasteiger partial charge in [-0.25, -0.2) is 0 Å². The van der Waals surface area contributed by atoms with E-state index in [9.17, 15) is 5.11 Å². The molecular weight excluding hydrogens is 176 g/mol. The van der Waals surface area contributed by atoms with Crippen molar-refractivity contribution in [2.45, 2.75) is 38.7 Å². The lowest BCUT2D eigenvalue weighted by molar-refractivity contribution is -0.0883. The molecule has 14 heavy (non-hydrogen) atoms. The molecule has 1 saturated heterocycles. The molecule has 1 unspecified atom stereocenters. The van der Waals surface area contributed by atoms with Crippen LogP contribution >= 0.6 is 0 Å². The van der Waals surface area contributed by atoms with Gasteiger partial charge in [0.05, 0.1) is 17.1 Å². The van der Waals surface area contributed by atoms with E-state index in [-0.39, 0.29) is 0 Å². The monoisotopic (exact) mass is 196 g/mol. The predicted octanol–water partition coefficient (Wildman–Crippen LogP) is 1.38. The van der Waals surface area contributed by atoms with E-state index in [0.717, 1.165) is 13.1 Å². The van der Waals surface area contributed by atoms with Gasteiger partial charge < -0.3 is 10.0 Å². The molecule has 1 heterocycles. The van der Waals surface area contributed by atoms with Crippen LogP contribution in [0.4, 0.5) is 0 Å². The maximum atomic E-state index is 10.5. The van der Waals surface area contributed by atoms with Crippen LogP contribution in [0.25, 0.3) is 0 Å². The molecule has 3 heteroatoms. The molecule has 0 radical (unpaired) electrons. The van der Waals surface area contributed by atoms with Crippen LogP contribution in [-0.2, 0) is 0 Å². The molecule has 0 amide bonds. The van der Waals surface area contributed by atoms with Gasteiger partial charge >= 0.3 is 0 Å². The third-order valence-electron chi connectivity index (χ3n) is 3.80. The van der Waals surface area contributed by atoms with E-state index in [1.165, 1.54) is 0 Å². The van der Waals surface area contributed by atoms with Gasteiger partial charge in [0.25, 0.3) is 0 Å². The molecule has 0 aliphatic carbocycles. The number of likely N-dealkylation sites (tertiary alicyclic amines) is 1. The largest absolute Gasteiger partial charge is 0.388 e. The number of nitrogens with zero attached hydrogens (tertiary/aromatic N) is 2. The standard InChI is InChI=1S/C11H20N2O/c1-4-10(2,9-12)11(14)5-7-13(3)8-6-11/h14H,4-8H2,1-3H3. The average Bonchev–Trinajstić information content (AvgIpc) is 2.21. The van der Waals surface area contributed by atoms with Crippen molar-refractivity contribution in [1.82, 2.24) is 4.90 Å². The van der Waals surface area contributed by atoms with Crippen LogP contribution in [0.5, 0.6) is 0 Å². The zero-order valence-electron chi connectivity index (χ0n) is 9.38. The summed E-state index contributed by atoms with van der Waals surface area (Å²) in [5, 5.41) is 19.6. The molecular formula is C11H20N2O. The summed E-state index contributed by atoms with van der Waals surface area (Å²) in [6.07, 6.45) is 2.13. The summed E-state index contributed by atoms with van der Waals surface area (Å²) in [6.45, 7) is 5.61. The van der Waals surface area contributed by atoms with Gasteiger partial charge in [0, 0.05) is 13.1 Å². The molecule has 1 aliphatic heterocycles. The molecule has 1 rings (SSSR count). The second-order valence-corrected chi connectivity index (χ2v) is 4.63. The molecule has 1 N–H and O–H groups in total. The first-order valence-electron chi connectivity index (χ1n) is 5.29. The number of piperidine rings is 1. The Bertz CT molecular complexity index is 238. The minimum atomic E-state index is -0.789. The Morgan fingerprint density at radius 2 is 2.00 bits per heavy atom. The normalized spacial score (nSPS) is 26.5. The van der Waals surface area contributed by atoms with Gasteiger partial charge in [0.15, 0.2) is 0 Å². The molecule has 1 fully saturated rings. The second-order valence-electron chi connectivity index (χ2n) is 4.63. The summed E-state index contributed by atoms with van der Waals surface area (Å²) in [5.74, 6) is 0. The summed E-state index contributed by atoms with van der Waals surface area (Å²) < 4.78 is 0. The van der Waals surface area contributed by atoms with Crippen LogP contribution < -0.4 is 0 Å². The van der Waals surface area contributed by atoms with Crippen LogP contribution in [0.2, 0.25) is 0 Å². The van der Waals surface area contributed by atoms with Gasteiger partial charge in [-0.15, -0.1) is 0 Å². The average molecular weight is 196 g/mol. The van der Waals surface area contributed by atoms with Gasteiger partial charge in [-0.2, -0.15) is 5.26 Å². The lowest BCUT2D eigenvalue weighted by Gasteiger charge is -2.44. The van der Waals surface area contributed by atoms with E-state index < -0.39 is 11.0 Å². The predicted molar refractivity (Wildman–Crippen MR) is 55.7 cm³/mol. The van der Waals surface area contributed by atoms with E-state index in [4.69, 9.17) is 5.26 Å². The van der Waals surface area contributed by atoms with Gasteiger partial charge in [0.1, 0.15) is 0 Å². The topological polar surface area (TPSA) is 47.3 Å². The van der Waals surface area contributed by atoms with Crippen LogP contribution in [0, 0.1) is 16.7 Å². The number of nitriles is 1. The Hall–Kier alpha value is -0.590. The van der Waals surface area contributed by atoms with Crippen molar-refractivity contribution in [1.29, 1.82) is 5.26 Å². The summed E-state index contributed by atoms with van der Waals surface area (Å²) in [7, 11) is 2.05. The molecule has 0 bridgehead atoms. The fraction of sp³-hybridized carbons (Fsp3) is 0.909. The Labute approximate surface area is 86.3 Å². The number of aliphatic hydroxyl groups is 1. The highest BCUT2D eigenvalue weighted by Crippen LogP contribution is 2.41. The Morgan fingerprint density at radius 3 is 2.36 bits per heavy atom. The number of rotatable bonds is 2. The first kappa shape index (κ1) is 11.5. The van der Waals surface area contributed by atoms with E-state index in [1.54, 1.807) is 0 Å². The van der Waals surface area contributed by atoms with Crippen LogP contribution in [-0.4, -0.2) is 35.7 Å². The minimum absolute atomic E-state index is 0.589. The first-order chi connectivity index (χ1) is 6.47. The molecule has 0 aromatic heterocycles. The van der Waals surface area contributed by atoms with Crippen molar-refractivity contribution in [2.75, 3.05) is 20.1 Å². The van der Waals surface area contributed by atoms with Crippen LogP contribution in [0.3, 0.4) is 0 Å². The highest BCUT2D eigenvalue weighted by atomic mass is 16.3. The SMILES string of the molecule is CCC(C)(C#N)C1(O)CCN(C)CC1. The fourth-order valence-electron chi connectivity index (χ4n) is 2.05. The summed E-state index contributed by atoms with van der Waals surface area (Å²) in [4.78, 5) is 2.20. The molecule has 0 spiro atoms. The Kier molecular flexibility index (Phi) is 3.18. The maximum absolute atomic E-state index is 10.5. The van der Waals surface area contributed by atoms with Crippen molar-refractivity contribution < 1.29 is 5.11 Å². The van der Waals surface area contributed by atoms with Crippen molar-refractivity contribution in [3.63, 3.8) is 0 Å². The maximum Gasteiger partial charge on any atom is 0.0854 e. The van der Waals surface area contributed by atoms with Gasteiger partial charge in [0.2, 0.25) is 0 Å². The zero-order chi connectivity index (χ0) is 10.8. The molecule has 0 aromatic rings. The van der Waals surface area contributed by atoms with Crippen molar-refractivity contribution in [2.24, 2.45) is 5.41 Å². The van der Waals surface area contributed by atoms with Gasteiger partial charge in [-0.3, -0.25) is 0 Å². The van der Waals surface area contributed by atoms with E-state index in [2.05, 4.69) is 18.0 Å². The first-order valence-corrected chi connectivity index (χ1v) is 5.29. The molecule has 1 aliphatic rings. The van der Waals surface area contributed by atoms with Crippen LogP contribution in [0.15, 0.2) is 0 Å². The number of hydrogen-bond donors (Lipinski definition) is 1. The molecule has 80 valence electrons. The van der Waals surface area contributed by atoms with Gasteiger partial charge in [-0.1, -0.05) is 6.92 Å². The molecule has 3 nitrogen and oxygen atoms in total. The lowest BCUT2D eigenvalue weighted by atomic mass is 9.68. The highest BCUT2D eigenvalue weighted by molar-refractivity contribution is 5.09. The van der Waals surface area contributed by atoms with Crippen molar-refractivity contribution in [3.8, 4) is 6.07 Å². The quantitative estimate of drug-likeness (QED) is 0.726. The van der Waals surface area contributed by atoms with Crippen molar-refractivity contribution >= 4 is 0 Å². The fourth-order valence-corrected chi connectivity index (χ4v) is 2.05. The highest BCUT2D eigenvalue weighted by Gasteiger charge is 2.47. The second kappa shape index (κ2) is 3.88. The van der Waals surface area contributed by atoms with E-state index in [0.29, 0.717) is 19.3 Å². The van der Waals surface area contributed by atoms with E-state index in [1.807, 2.05) is 13.8 Å².